The Labute approximate surface area is 273 Å². The van der Waals surface area contributed by atoms with Crippen LogP contribution in [0.2, 0.25) is 0 Å². The number of piperidine rings is 3. The number of hydrogen-bond donors (Lipinski definition) is 0. The Morgan fingerprint density at radius 3 is 1.87 bits per heavy atom. The number of carbonyl (C=O) groups is 1. The number of esters is 1. The monoisotopic (exact) mass is 651 g/mol. The number of ether oxygens (including phenoxy) is 2. The molecular formula is C36H62NO7P. The van der Waals surface area contributed by atoms with Gasteiger partial charge in [0.25, 0.3) is 7.82 Å². The number of carbonyl (C=O) groups excluding carboxylic acids is 1. The lowest BCUT2D eigenvalue weighted by atomic mass is 9.85. The van der Waals surface area contributed by atoms with Crippen LogP contribution >= 0.6 is 7.82 Å². The fourth-order valence-corrected chi connectivity index (χ4v) is 7.85. The van der Waals surface area contributed by atoms with Crippen LogP contribution in [0, 0.1) is 5.92 Å². The first-order valence-corrected chi connectivity index (χ1v) is 19.5. The summed E-state index contributed by atoms with van der Waals surface area (Å²) in [6, 6.07) is 8.15. The van der Waals surface area contributed by atoms with Gasteiger partial charge in [-0.15, -0.1) is 0 Å². The van der Waals surface area contributed by atoms with Gasteiger partial charge in [0, 0.05) is 32.8 Å². The highest BCUT2D eigenvalue weighted by Crippen LogP contribution is 2.44. The molecule has 2 bridgehead atoms. The van der Waals surface area contributed by atoms with Crippen molar-refractivity contribution in [1.82, 2.24) is 4.48 Å². The number of fused-ring (bicyclic) bond motifs is 3. The molecular weight excluding hydrogens is 589 g/mol. The molecule has 3 unspecified atom stereocenters. The van der Waals surface area contributed by atoms with Crippen LogP contribution < -0.4 is 9.38 Å². The van der Waals surface area contributed by atoms with E-state index in [1.165, 1.54) is 129 Å². The molecule has 0 radical (unpaired) electrons. The third-order valence-corrected chi connectivity index (χ3v) is 10.8. The summed E-state index contributed by atoms with van der Waals surface area (Å²) in [6.07, 6.45) is 20.4. The Bertz CT molecular complexity index is 982. The molecule has 45 heavy (non-hydrogen) atoms. The molecule has 4 rings (SSSR count). The van der Waals surface area contributed by atoms with Crippen molar-refractivity contribution in [2.75, 3.05) is 39.5 Å². The highest BCUT2D eigenvalue weighted by Gasteiger charge is 2.41. The van der Waals surface area contributed by atoms with Crippen LogP contribution in [0.1, 0.15) is 142 Å². The van der Waals surface area contributed by atoms with Crippen LogP contribution in [0.25, 0.3) is 0 Å². The molecule has 3 atom stereocenters. The summed E-state index contributed by atoms with van der Waals surface area (Å²) in [5.74, 6) is 0.382. The number of benzene rings is 1. The zero-order valence-corrected chi connectivity index (χ0v) is 29.5. The Balaban J connectivity index is 1.26. The third kappa shape index (κ3) is 14.6. The van der Waals surface area contributed by atoms with Crippen molar-refractivity contribution in [3.05, 3.63) is 29.8 Å². The Morgan fingerprint density at radius 1 is 0.844 bits per heavy atom. The first kappa shape index (κ1) is 38.2. The molecule has 0 N–H and O–H groups in total. The summed E-state index contributed by atoms with van der Waals surface area (Å²) >= 11 is 0. The first-order chi connectivity index (χ1) is 21.7. The molecule has 258 valence electrons. The molecule has 0 amide bonds. The fraction of sp³-hybridized carbons (Fsp3) is 0.806. The average Bonchev–Trinajstić information content (AvgIpc) is 3.04. The molecule has 0 saturated carbocycles. The van der Waals surface area contributed by atoms with Crippen molar-refractivity contribution in [2.45, 2.75) is 142 Å². The topological polar surface area (TPSA) is 94.1 Å². The second-order valence-electron chi connectivity index (χ2n) is 13.5. The van der Waals surface area contributed by atoms with Crippen LogP contribution in [0.15, 0.2) is 24.3 Å². The number of phosphoric acid groups is 1. The Hall–Kier alpha value is -1.28. The van der Waals surface area contributed by atoms with E-state index in [4.69, 9.17) is 18.5 Å². The minimum Gasteiger partial charge on any atom is -0.756 e. The molecule has 3 aliphatic heterocycles. The smallest absolute Gasteiger partial charge is 0.303 e. The van der Waals surface area contributed by atoms with Gasteiger partial charge in [0.15, 0.2) is 0 Å². The Kier molecular flexibility index (Phi) is 17.7. The zero-order chi connectivity index (χ0) is 32.4. The van der Waals surface area contributed by atoms with Crippen molar-refractivity contribution >= 4 is 19.5 Å². The van der Waals surface area contributed by atoms with E-state index in [0.717, 1.165) is 28.8 Å². The summed E-state index contributed by atoms with van der Waals surface area (Å²) in [4.78, 5) is 24.2. The van der Waals surface area contributed by atoms with E-state index in [1.807, 2.05) is 12.1 Å². The number of nitrogens with zero attached hydrogens (tertiary/aromatic N) is 1. The van der Waals surface area contributed by atoms with Crippen LogP contribution in [0.4, 0.5) is 5.69 Å². The van der Waals surface area contributed by atoms with Crippen LogP contribution in [-0.4, -0.2) is 51.5 Å². The molecule has 1 aromatic carbocycles. The molecule has 0 aromatic heterocycles. The summed E-state index contributed by atoms with van der Waals surface area (Å²) in [7, 11) is -4.64. The molecule has 1 aromatic rings. The van der Waals surface area contributed by atoms with Gasteiger partial charge in [0.2, 0.25) is 0 Å². The van der Waals surface area contributed by atoms with Gasteiger partial charge in [-0.2, -0.15) is 0 Å². The number of quaternary nitrogens is 1. The molecule has 3 heterocycles. The van der Waals surface area contributed by atoms with Gasteiger partial charge in [0.05, 0.1) is 39.0 Å². The maximum Gasteiger partial charge on any atom is 0.303 e. The standard InChI is InChI=1S/C36H62NO7P/c1-4-5-6-7-8-9-10-11-12-13-14-15-16-17-28-41-29-36(43-32(3)38)30-42-45(39,40)44-31(2)34-18-20-35(21-19-34)37-25-22-33(23-26-37)24-27-37/h18-21,31,33,36H,4-17,22-30H2,1-3H3. The predicted molar refractivity (Wildman–Crippen MR) is 180 cm³/mol. The van der Waals surface area contributed by atoms with Crippen molar-refractivity contribution in [1.29, 1.82) is 0 Å². The van der Waals surface area contributed by atoms with E-state index in [0.29, 0.717) is 6.61 Å². The van der Waals surface area contributed by atoms with Gasteiger partial charge in [-0.3, -0.25) is 13.8 Å². The normalized spacial score (nSPS) is 22.2. The van der Waals surface area contributed by atoms with Crippen LogP contribution in [-0.2, 0) is 27.9 Å². The lowest BCUT2D eigenvalue weighted by Gasteiger charge is -2.48. The predicted octanol–water partition coefficient (Wildman–Crippen LogP) is 8.80. The average molecular weight is 652 g/mol. The summed E-state index contributed by atoms with van der Waals surface area (Å²) in [6.45, 7) is 9.08. The van der Waals surface area contributed by atoms with E-state index >= 15 is 0 Å². The quantitative estimate of drug-likeness (QED) is 0.0451. The lowest BCUT2D eigenvalue weighted by molar-refractivity contribution is -0.232. The highest BCUT2D eigenvalue weighted by atomic mass is 31.2. The van der Waals surface area contributed by atoms with Gasteiger partial charge in [-0.1, -0.05) is 103 Å². The van der Waals surface area contributed by atoms with Gasteiger partial charge in [0.1, 0.15) is 11.8 Å². The van der Waals surface area contributed by atoms with Crippen molar-refractivity contribution in [3.8, 4) is 0 Å². The SMILES string of the molecule is CCCCCCCCCCCCCCCCOCC(COP(=O)([O-])OC(C)c1ccc([N+]23CCC(CC2)CC3)cc1)OC(C)=O. The number of rotatable bonds is 25. The largest absolute Gasteiger partial charge is 0.756 e. The van der Waals surface area contributed by atoms with Gasteiger partial charge in [-0.25, -0.2) is 0 Å². The molecule has 0 spiro atoms. The van der Waals surface area contributed by atoms with Crippen LogP contribution in [0.3, 0.4) is 0 Å². The summed E-state index contributed by atoms with van der Waals surface area (Å²) in [5, 5.41) is 0. The fourth-order valence-electron chi connectivity index (χ4n) is 6.93. The lowest BCUT2D eigenvalue weighted by Crippen LogP contribution is -2.59. The second-order valence-corrected chi connectivity index (χ2v) is 14.9. The zero-order valence-electron chi connectivity index (χ0n) is 28.6. The maximum absolute atomic E-state index is 12.6. The van der Waals surface area contributed by atoms with E-state index in [9.17, 15) is 14.3 Å². The minimum absolute atomic E-state index is 0.0792. The number of unbranched alkanes of at least 4 members (excludes halogenated alkanes) is 13. The van der Waals surface area contributed by atoms with E-state index in [1.54, 1.807) is 6.92 Å². The van der Waals surface area contributed by atoms with Gasteiger partial charge >= 0.3 is 5.97 Å². The van der Waals surface area contributed by atoms with Crippen LogP contribution in [0.5, 0.6) is 0 Å². The second kappa shape index (κ2) is 20.8. The first-order valence-electron chi connectivity index (χ1n) is 18.1. The minimum atomic E-state index is -4.64. The molecule has 3 aliphatic rings. The molecule has 3 fully saturated rings. The van der Waals surface area contributed by atoms with Crippen molar-refractivity contribution in [3.63, 3.8) is 0 Å². The van der Waals surface area contributed by atoms with Gasteiger partial charge < -0.3 is 23.4 Å². The van der Waals surface area contributed by atoms with Gasteiger partial charge in [-0.05, 0) is 37.0 Å². The molecule has 8 nitrogen and oxygen atoms in total. The summed E-state index contributed by atoms with van der Waals surface area (Å²) in [5.41, 5.74) is 2.07. The van der Waals surface area contributed by atoms with Crippen molar-refractivity contribution in [2.24, 2.45) is 5.92 Å². The molecule has 3 saturated heterocycles. The third-order valence-electron chi connectivity index (χ3n) is 9.79. The number of phosphoric ester groups is 1. The molecule has 0 aliphatic carbocycles. The molecule has 9 heteroatoms. The highest BCUT2D eigenvalue weighted by molar-refractivity contribution is 7.45. The number of hydrogen-bond acceptors (Lipinski definition) is 7. The summed E-state index contributed by atoms with van der Waals surface area (Å²) < 4.78 is 35.1. The van der Waals surface area contributed by atoms with E-state index in [2.05, 4.69) is 19.1 Å². The maximum atomic E-state index is 12.6. The Morgan fingerprint density at radius 2 is 1.36 bits per heavy atom. The van der Waals surface area contributed by atoms with Crippen molar-refractivity contribution < 1.29 is 32.8 Å². The van der Waals surface area contributed by atoms with E-state index in [-0.39, 0.29) is 13.2 Å². The van der Waals surface area contributed by atoms with E-state index < -0.39 is 26.0 Å².